The van der Waals surface area contributed by atoms with Crippen LogP contribution in [0.5, 0.6) is 0 Å². The van der Waals surface area contributed by atoms with Crippen LogP contribution in [0.2, 0.25) is 0 Å². The molecule has 3 heterocycles. The van der Waals surface area contributed by atoms with E-state index in [0.29, 0.717) is 24.8 Å². The Morgan fingerprint density at radius 1 is 1.48 bits per heavy atom. The Kier molecular flexibility index (Phi) is 3.69. The molecule has 23 heavy (non-hydrogen) atoms. The van der Waals surface area contributed by atoms with Gasteiger partial charge in [0.1, 0.15) is 0 Å². The lowest BCUT2D eigenvalue weighted by molar-refractivity contribution is -0.0377. The van der Waals surface area contributed by atoms with E-state index in [1.807, 2.05) is 13.1 Å². The largest absolute Gasteiger partial charge is 0.388 e. The molecule has 7 nitrogen and oxygen atoms in total. The average molecular weight is 317 g/mol. The summed E-state index contributed by atoms with van der Waals surface area (Å²) >= 11 is 0. The molecule has 1 aliphatic carbocycles. The fraction of sp³-hybridized carbons (Fsp3) is 0.688. The predicted molar refractivity (Wildman–Crippen MR) is 82.8 cm³/mol. The molecule has 0 amide bonds. The Labute approximate surface area is 135 Å². The van der Waals surface area contributed by atoms with Crippen LogP contribution in [0.25, 0.3) is 0 Å². The van der Waals surface area contributed by atoms with Crippen LogP contribution in [0, 0.1) is 6.92 Å². The first-order valence-electron chi connectivity index (χ1n) is 8.37. The smallest absolute Gasteiger partial charge is 0.229 e. The van der Waals surface area contributed by atoms with Crippen LogP contribution in [0.15, 0.2) is 10.7 Å². The molecule has 2 aromatic rings. The van der Waals surface area contributed by atoms with Crippen LogP contribution in [0.4, 0.5) is 0 Å². The molecular weight excluding hydrogens is 294 g/mol. The molecule has 2 fully saturated rings. The molecule has 2 aliphatic rings. The third kappa shape index (κ3) is 3.30. The normalized spacial score (nSPS) is 25.8. The molecule has 124 valence electrons. The van der Waals surface area contributed by atoms with Crippen LogP contribution in [-0.4, -0.2) is 49.0 Å². The van der Waals surface area contributed by atoms with Crippen molar-refractivity contribution >= 4 is 0 Å². The summed E-state index contributed by atoms with van der Waals surface area (Å²) in [5, 5.41) is 22.1. The average Bonchev–Trinajstić information content (AvgIpc) is 3.14. The highest BCUT2D eigenvalue weighted by Crippen LogP contribution is 2.38. The fourth-order valence-corrected chi connectivity index (χ4v) is 3.37. The third-order valence-corrected chi connectivity index (χ3v) is 4.86. The Bertz CT molecular complexity index is 678. The zero-order valence-electron chi connectivity index (χ0n) is 13.5. The SMILES string of the molecule is Cc1cn[nH]c1CN1CCCC(O)(Cc2nc(C3CC3)no2)C1. The summed E-state index contributed by atoms with van der Waals surface area (Å²) < 4.78 is 5.34. The van der Waals surface area contributed by atoms with Crippen molar-refractivity contribution in [3.63, 3.8) is 0 Å². The third-order valence-electron chi connectivity index (χ3n) is 4.86. The van der Waals surface area contributed by atoms with E-state index >= 15 is 0 Å². The Morgan fingerprint density at radius 2 is 2.35 bits per heavy atom. The molecule has 0 radical (unpaired) electrons. The molecule has 4 rings (SSSR count). The number of nitrogens with zero attached hydrogens (tertiary/aromatic N) is 4. The molecule has 1 unspecified atom stereocenters. The van der Waals surface area contributed by atoms with Gasteiger partial charge in [0.05, 0.1) is 23.9 Å². The van der Waals surface area contributed by atoms with Crippen LogP contribution < -0.4 is 0 Å². The molecule has 1 aliphatic heterocycles. The van der Waals surface area contributed by atoms with Gasteiger partial charge in [-0.15, -0.1) is 0 Å². The molecule has 1 atom stereocenters. The number of β-amino-alcohol motifs (C(OH)–C–C–N with tert-alkyl or cyclic N) is 1. The van der Waals surface area contributed by atoms with Crippen molar-refractivity contribution in [3.8, 4) is 0 Å². The van der Waals surface area contributed by atoms with Crippen molar-refractivity contribution in [2.45, 2.75) is 57.1 Å². The first-order valence-corrected chi connectivity index (χ1v) is 8.37. The highest BCUT2D eigenvalue weighted by Gasteiger charge is 2.36. The second-order valence-electron chi connectivity index (χ2n) is 7.07. The molecule has 1 saturated carbocycles. The van der Waals surface area contributed by atoms with Gasteiger partial charge in [-0.05, 0) is 44.7 Å². The Morgan fingerprint density at radius 3 is 3.09 bits per heavy atom. The van der Waals surface area contributed by atoms with E-state index < -0.39 is 5.60 Å². The minimum atomic E-state index is -0.792. The molecule has 2 aromatic heterocycles. The van der Waals surface area contributed by atoms with Gasteiger partial charge in [-0.3, -0.25) is 10.00 Å². The second kappa shape index (κ2) is 5.72. The van der Waals surface area contributed by atoms with Gasteiger partial charge in [-0.25, -0.2) is 0 Å². The number of aromatic amines is 1. The van der Waals surface area contributed by atoms with Gasteiger partial charge in [0.15, 0.2) is 5.82 Å². The summed E-state index contributed by atoms with van der Waals surface area (Å²) in [4.78, 5) is 6.72. The topological polar surface area (TPSA) is 91.1 Å². The number of aryl methyl sites for hydroxylation is 1. The summed E-state index contributed by atoms with van der Waals surface area (Å²) in [6.45, 7) is 4.43. The number of aromatic nitrogens is 4. The number of hydrogen-bond donors (Lipinski definition) is 2. The summed E-state index contributed by atoms with van der Waals surface area (Å²) in [5.74, 6) is 1.85. The van der Waals surface area contributed by atoms with Gasteiger partial charge in [0.2, 0.25) is 5.89 Å². The number of nitrogens with one attached hydrogen (secondary N) is 1. The van der Waals surface area contributed by atoms with E-state index in [1.165, 1.54) is 0 Å². The lowest BCUT2D eigenvalue weighted by atomic mass is 9.89. The van der Waals surface area contributed by atoms with Crippen LogP contribution in [0.1, 0.15) is 54.6 Å². The summed E-state index contributed by atoms with van der Waals surface area (Å²) in [7, 11) is 0. The zero-order valence-corrected chi connectivity index (χ0v) is 13.5. The number of H-pyrrole nitrogens is 1. The number of hydrogen-bond acceptors (Lipinski definition) is 6. The van der Waals surface area contributed by atoms with Crippen molar-refractivity contribution in [2.75, 3.05) is 13.1 Å². The monoisotopic (exact) mass is 317 g/mol. The quantitative estimate of drug-likeness (QED) is 0.869. The van der Waals surface area contributed by atoms with Gasteiger partial charge < -0.3 is 9.63 Å². The van der Waals surface area contributed by atoms with E-state index in [0.717, 1.165) is 55.9 Å². The number of aliphatic hydroxyl groups is 1. The van der Waals surface area contributed by atoms with Crippen molar-refractivity contribution < 1.29 is 9.63 Å². The lowest BCUT2D eigenvalue weighted by Crippen LogP contribution is -2.49. The van der Waals surface area contributed by atoms with Crippen LogP contribution in [-0.2, 0) is 13.0 Å². The van der Waals surface area contributed by atoms with Crippen molar-refractivity contribution in [3.05, 3.63) is 29.2 Å². The molecule has 0 bridgehead atoms. The van der Waals surface area contributed by atoms with Gasteiger partial charge in [0.25, 0.3) is 0 Å². The lowest BCUT2D eigenvalue weighted by Gasteiger charge is -2.38. The summed E-state index contributed by atoms with van der Waals surface area (Å²) in [5.41, 5.74) is 1.48. The zero-order chi connectivity index (χ0) is 15.9. The van der Waals surface area contributed by atoms with E-state index in [9.17, 15) is 5.11 Å². The first kappa shape index (κ1) is 14.8. The summed E-state index contributed by atoms with van der Waals surface area (Å²) in [6.07, 6.45) is 6.31. The van der Waals surface area contributed by atoms with Crippen molar-refractivity contribution in [1.29, 1.82) is 0 Å². The molecule has 2 N–H and O–H groups in total. The standard InChI is InChI=1S/C16H23N5O2/c1-11-8-17-19-13(11)9-21-6-2-5-16(22,10-21)7-14-18-15(20-23-14)12-3-4-12/h8,12,22H,2-7,9-10H2,1H3,(H,17,19). The van der Waals surface area contributed by atoms with E-state index in [4.69, 9.17) is 4.52 Å². The fourth-order valence-electron chi connectivity index (χ4n) is 3.37. The minimum Gasteiger partial charge on any atom is -0.388 e. The van der Waals surface area contributed by atoms with Crippen molar-refractivity contribution in [2.24, 2.45) is 0 Å². The Hall–Kier alpha value is -1.73. The number of rotatable bonds is 5. The number of likely N-dealkylation sites (tertiary alicyclic amines) is 1. The van der Waals surface area contributed by atoms with Crippen LogP contribution >= 0.6 is 0 Å². The number of piperidine rings is 1. The molecule has 0 spiro atoms. The molecule has 1 saturated heterocycles. The van der Waals surface area contributed by atoms with Gasteiger partial charge >= 0.3 is 0 Å². The second-order valence-corrected chi connectivity index (χ2v) is 7.07. The highest BCUT2D eigenvalue weighted by atomic mass is 16.5. The predicted octanol–water partition coefficient (Wildman–Crippen LogP) is 1.55. The van der Waals surface area contributed by atoms with Gasteiger partial charge in [0, 0.05) is 19.0 Å². The maximum absolute atomic E-state index is 11.0. The van der Waals surface area contributed by atoms with Crippen molar-refractivity contribution in [1.82, 2.24) is 25.2 Å². The Balaban J connectivity index is 1.41. The van der Waals surface area contributed by atoms with Gasteiger partial charge in [-0.1, -0.05) is 5.16 Å². The van der Waals surface area contributed by atoms with E-state index in [2.05, 4.69) is 25.2 Å². The minimum absolute atomic E-state index is 0.436. The molecular formula is C16H23N5O2. The van der Waals surface area contributed by atoms with E-state index in [-0.39, 0.29) is 0 Å². The summed E-state index contributed by atoms with van der Waals surface area (Å²) in [6, 6.07) is 0. The maximum atomic E-state index is 11.0. The van der Waals surface area contributed by atoms with E-state index in [1.54, 1.807) is 0 Å². The molecule has 0 aromatic carbocycles. The van der Waals surface area contributed by atoms with Gasteiger partial charge in [-0.2, -0.15) is 10.1 Å². The van der Waals surface area contributed by atoms with Crippen LogP contribution in [0.3, 0.4) is 0 Å². The maximum Gasteiger partial charge on any atom is 0.229 e. The first-order chi connectivity index (χ1) is 11.1. The molecule has 7 heteroatoms. The highest BCUT2D eigenvalue weighted by molar-refractivity contribution is 5.14.